The fourth-order valence-corrected chi connectivity index (χ4v) is 4.36. The lowest BCUT2D eigenvalue weighted by Crippen LogP contribution is -2.32. The number of rotatable bonds is 2. The molecule has 1 aliphatic carbocycles. The van der Waals surface area contributed by atoms with Gasteiger partial charge in [0.15, 0.2) is 0 Å². The maximum absolute atomic E-state index is 11.5. The normalized spacial score (nSPS) is 24.7. The zero-order valence-electron chi connectivity index (χ0n) is 12.3. The van der Waals surface area contributed by atoms with Crippen molar-refractivity contribution in [3.63, 3.8) is 0 Å². The van der Waals surface area contributed by atoms with Crippen LogP contribution in [0.5, 0.6) is 0 Å². The smallest absolute Gasteiger partial charge is 0.0736 e. The summed E-state index contributed by atoms with van der Waals surface area (Å²) >= 11 is 3.63. The number of carbonyl (C=O) groups excluding carboxylic acids is 1. The van der Waals surface area contributed by atoms with Gasteiger partial charge >= 0.3 is 0 Å². The molecule has 0 aromatic heterocycles. The first kappa shape index (κ1) is 14.5. The highest BCUT2D eigenvalue weighted by molar-refractivity contribution is 9.10. The summed E-state index contributed by atoms with van der Waals surface area (Å²) in [5.41, 5.74) is 3.14. The maximum atomic E-state index is 11.5. The minimum Gasteiger partial charge on any atom is -0.545 e. The molecule has 4 rings (SSSR count). The monoisotopic (exact) mass is 368 g/mol. The van der Waals surface area contributed by atoms with Gasteiger partial charge in [-0.2, -0.15) is 0 Å². The molecule has 1 aliphatic heterocycles. The van der Waals surface area contributed by atoms with E-state index in [0.29, 0.717) is 11.6 Å². The van der Waals surface area contributed by atoms with Gasteiger partial charge in [-0.25, -0.2) is 0 Å². The molecule has 1 N–H and O–H groups in total. The molecule has 116 valence electrons. The first-order valence-electron chi connectivity index (χ1n) is 7.68. The largest absolute Gasteiger partial charge is 0.545 e. The number of hydrogen-bond acceptors (Lipinski definition) is 3. The van der Waals surface area contributed by atoms with Crippen molar-refractivity contribution in [1.29, 1.82) is 0 Å². The quantitative estimate of drug-likeness (QED) is 0.823. The molecule has 0 bridgehead atoms. The summed E-state index contributed by atoms with van der Waals surface area (Å²) in [6, 6.07) is 13.6. The average molecular weight is 369 g/mol. The van der Waals surface area contributed by atoms with E-state index in [9.17, 15) is 9.90 Å². The van der Waals surface area contributed by atoms with Crippen LogP contribution in [-0.4, -0.2) is 5.97 Å². The summed E-state index contributed by atoms with van der Waals surface area (Å²) in [6.07, 6.45) is 5.38. The lowest BCUT2D eigenvalue weighted by molar-refractivity contribution is -0.254. The van der Waals surface area contributed by atoms with Crippen LogP contribution in [0.25, 0.3) is 0 Å². The van der Waals surface area contributed by atoms with Crippen LogP contribution < -0.4 is 10.4 Å². The van der Waals surface area contributed by atoms with Gasteiger partial charge in [0.05, 0.1) is 12.0 Å². The Hall–Kier alpha value is -2.07. The lowest BCUT2D eigenvalue weighted by Gasteiger charge is -2.39. The number of carboxylic acids is 1. The Morgan fingerprint density at radius 3 is 2.70 bits per heavy atom. The van der Waals surface area contributed by atoms with Crippen molar-refractivity contribution in [3.05, 3.63) is 75.8 Å². The minimum absolute atomic E-state index is 0.0681. The summed E-state index contributed by atoms with van der Waals surface area (Å²) in [7, 11) is 0. The number of aromatic carboxylic acids is 1. The van der Waals surface area contributed by atoms with Crippen LogP contribution in [0.3, 0.4) is 0 Å². The zero-order valence-corrected chi connectivity index (χ0v) is 13.9. The maximum Gasteiger partial charge on any atom is 0.0736 e. The second-order valence-corrected chi connectivity index (χ2v) is 6.91. The summed E-state index contributed by atoms with van der Waals surface area (Å²) in [5.74, 6) is -0.512. The number of carbonyl (C=O) groups is 1. The Balaban J connectivity index is 1.87. The van der Waals surface area contributed by atoms with Gasteiger partial charge in [0.1, 0.15) is 0 Å². The summed E-state index contributed by atoms with van der Waals surface area (Å²) < 4.78 is 1.04. The van der Waals surface area contributed by atoms with E-state index in [4.69, 9.17) is 0 Å². The van der Waals surface area contributed by atoms with E-state index in [2.05, 4.69) is 39.5 Å². The molecule has 2 aromatic rings. The molecule has 1 heterocycles. The number of allylic oxidation sites excluding steroid dienone is 2. The van der Waals surface area contributed by atoms with Crippen LogP contribution in [0.2, 0.25) is 0 Å². The Labute approximate surface area is 143 Å². The molecule has 0 radical (unpaired) electrons. The highest BCUT2D eigenvalue weighted by atomic mass is 79.9. The third kappa shape index (κ3) is 2.29. The van der Waals surface area contributed by atoms with Gasteiger partial charge in [0.25, 0.3) is 0 Å². The second-order valence-electron chi connectivity index (χ2n) is 6.05. The molecule has 0 amide bonds. The number of para-hydroxylation sites is 1. The van der Waals surface area contributed by atoms with Crippen molar-refractivity contribution in [2.45, 2.75) is 18.4 Å². The molecule has 0 fully saturated rings. The van der Waals surface area contributed by atoms with Crippen LogP contribution >= 0.6 is 15.9 Å². The van der Waals surface area contributed by atoms with E-state index in [1.807, 2.05) is 24.3 Å². The van der Waals surface area contributed by atoms with E-state index in [1.54, 1.807) is 12.1 Å². The highest BCUT2D eigenvalue weighted by Crippen LogP contribution is 2.51. The molecule has 3 atom stereocenters. The molecule has 2 aromatic carbocycles. The van der Waals surface area contributed by atoms with Gasteiger partial charge in [0.2, 0.25) is 0 Å². The number of hydrogen-bond donors (Lipinski definition) is 1. The number of carboxylic acid groups (broad SMARTS) is 1. The van der Waals surface area contributed by atoms with E-state index in [1.165, 1.54) is 0 Å². The first-order valence-corrected chi connectivity index (χ1v) is 8.48. The summed E-state index contributed by atoms with van der Waals surface area (Å²) in [6.45, 7) is 0. The zero-order chi connectivity index (χ0) is 16.0. The van der Waals surface area contributed by atoms with Crippen molar-refractivity contribution in [3.8, 4) is 0 Å². The Kier molecular flexibility index (Phi) is 3.49. The van der Waals surface area contributed by atoms with Gasteiger partial charge in [-0.1, -0.05) is 64.5 Å². The molecule has 0 spiro atoms. The van der Waals surface area contributed by atoms with Crippen molar-refractivity contribution < 1.29 is 9.90 Å². The number of halogens is 1. The summed E-state index contributed by atoms with van der Waals surface area (Å²) in [5, 5.41) is 15.0. The minimum atomic E-state index is -1.14. The Morgan fingerprint density at radius 1 is 1.13 bits per heavy atom. The van der Waals surface area contributed by atoms with E-state index >= 15 is 0 Å². The van der Waals surface area contributed by atoms with Gasteiger partial charge in [-0.15, -0.1) is 0 Å². The van der Waals surface area contributed by atoms with Gasteiger partial charge < -0.3 is 15.2 Å². The third-order valence-corrected chi connectivity index (χ3v) is 5.58. The van der Waals surface area contributed by atoms with Gasteiger partial charge in [-0.3, -0.25) is 0 Å². The van der Waals surface area contributed by atoms with Crippen LogP contribution in [0.4, 0.5) is 5.69 Å². The molecule has 3 nitrogen and oxygen atoms in total. The van der Waals surface area contributed by atoms with Crippen LogP contribution in [0.15, 0.2) is 59.1 Å². The standard InChI is InChI=1S/C19H16BrNO2/c20-16-10-2-1-5-14(16)17-12-7-3-6-11(12)13-8-4-9-15(19(22)23)18(13)21-17/h1-6,8-12,17,21H,7H2,(H,22,23)/p-1/t11-,12+,17+/m0/s1. The van der Waals surface area contributed by atoms with E-state index in [0.717, 1.165) is 22.0 Å². The molecule has 2 aliphatic rings. The number of fused-ring (bicyclic) bond motifs is 3. The van der Waals surface area contributed by atoms with Crippen molar-refractivity contribution in [1.82, 2.24) is 0 Å². The molecule has 0 saturated heterocycles. The van der Waals surface area contributed by atoms with Crippen molar-refractivity contribution in [2.75, 3.05) is 5.32 Å². The third-order valence-electron chi connectivity index (χ3n) is 4.86. The number of benzene rings is 2. The predicted molar refractivity (Wildman–Crippen MR) is 91.3 cm³/mol. The second kappa shape index (κ2) is 5.53. The predicted octanol–water partition coefficient (Wildman–Crippen LogP) is 3.64. The highest BCUT2D eigenvalue weighted by Gasteiger charge is 2.39. The topological polar surface area (TPSA) is 52.2 Å². The SMILES string of the molecule is O=C([O-])c1cccc2c1N[C@@H](c1ccccc1Br)[C@@H]1CC=C[C@H]21. The van der Waals surface area contributed by atoms with Crippen LogP contribution in [0, 0.1) is 5.92 Å². The first-order chi connectivity index (χ1) is 11.2. The van der Waals surface area contributed by atoms with Crippen molar-refractivity contribution in [2.24, 2.45) is 5.92 Å². The molecule has 0 unspecified atom stereocenters. The molecule has 0 saturated carbocycles. The summed E-state index contributed by atoms with van der Waals surface area (Å²) in [4.78, 5) is 11.5. The van der Waals surface area contributed by atoms with Gasteiger partial charge in [-0.05, 0) is 29.5 Å². The average Bonchev–Trinajstić information content (AvgIpc) is 3.04. The molecule has 23 heavy (non-hydrogen) atoms. The Bertz CT molecular complexity index is 815. The molecule has 4 heteroatoms. The molecular formula is C19H15BrNO2-. The molecular weight excluding hydrogens is 354 g/mol. The van der Waals surface area contributed by atoms with Crippen LogP contribution in [0.1, 0.15) is 39.9 Å². The van der Waals surface area contributed by atoms with E-state index < -0.39 is 5.97 Å². The number of nitrogens with one attached hydrogen (secondary N) is 1. The van der Waals surface area contributed by atoms with Crippen molar-refractivity contribution >= 4 is 27.6 Å². The lowest BCUT2D eigenvalue weighted by atomic mass is 9.76. The fourth-order valence-electron chi connectivity index (χ4n) is 3.83. The van der Waals surface area contributed by atoms with Crippen LogP contribution in [-0.2, 0) is 0 Å². The number of anilines is 1. The van der Waals surface area contributed by atoms with E-state index in [-0.39, 0.29) is 17.5 Å². The fraction of sp³-hybridized carbons (Fsp3) is 0.211. The Morgan fingerprint density at radius 2 is 1.91 bits per heavy atom. The van der Waals surface area contributed by atoms with Gasteiger partial charge in [0, 0.05) is 21.6 Å².